The molecule has 1 saturated heterocycles. The fourth-order valence-corrected chi connectivity index (χ4v) is 3.50. The Hall–Kier alpha value is -3.27. The third-order valence-corrected chi connectivity index (χ3v) is 5.37. The van der Waals surface area contributed by atoms with E-state index in [1.54, 1.807) is 0 Å². The van der Waals surface area contributed by atoms with Crippen molar-refractivity contribution in [3.8, 4) is 5.88 Å². The van der Waals surface area contributed by atoms with E-state index >= 15 is 0 Å². The molecule has 4 rings (SSSR count). The summed E-state index contributed by atoms with van der Waals surface area (Å²) in [5.74, 6) is -0.122. The Morgan fingerprint density at radius 1 is 0.848 bits per heavy atom. The second-order valence-corrected chi connectivity index (χ2v) is 7.74. The van der Waals surface area contributed by atoms with Gasteiger partial charge >= 0.3 is 11.2 Å². The zero-order chi connectivity index (χ0) is 22.9. The molecular weight excluding hydrogens is 424 g/mol. The van der Waals surface area contributed by atoms with Crippen molar-refractivity contribution in [2.75, 3.05) is 32.8 Å². The van der Waals surface area contributed by atoms with Crippen LogP contribution < -0.4 is 16.0 Å². The smallest absolute Gasteiger partial charge is 0.349 e. The average molecular weight is 453 g/mol. The van der Waals surface area contributed by atoms with Gasteiger partial charge in [-0.15, -0.1) is 5.10 Å². The van der Waals surface area contributed by atoms with Gasteiger partial charge in [0.25, 0.3) is 5.88 Å². The van der Waals surface area contributed by atoms with Crippen molar-refractivity contribution < 1.29 is 14.2 Å². The van der Waals surface area contributed by atoms with Crippen molar-refractivity contribution >= 4 is 0 Å². The van der Waals surface area contributed by atoms with E-state index in [9.17, 15) is 9.59 Å². The number of hydrogen-bond acceptors (Lipinski definition) is 7. The van der Waals surface area contributed by atoms with Crippen LogP contribution in [0.5, 0.6) is 5.88 Å². The third-order valence-electron chi connectivity index (χ3n) is 5.37. The molecule has 0 spiro atoms. The SMILES string of the molecule is O=c1c(OCc2ccccc2)nn(CCN2CCOCC2)c(=O)n1COCc1ccccc1. The molecule has 0 bridgehead atoms. The maximum absolute atomic E-state index is 13.0. The lowest BCUT2D eigenvalue weighted by Crippen LogP contribution is -2.45. The first-order valence-corrected chi connectivity index (χ1v) is 11.0. The molecule has 3 aromatic rings. The lowest BCUT2D eigenvalue weighted by Gasteiger charge is -2.26. The number of rotatable bonds is 10. The van der Waals surface area contributed by atoms with E-state index in [0.717, 1.165) is 28.8 Å². The highest BCUT2D eigenvalue weighted by Gasteiger charge is 2.17. The lowest BCUT2D eigenvalue weighted by molar-refractivity contribution is 0.0346. The monoisotopic (exact) mass is 452 g/mol. The summed E-state index contributed by atoms with van der Waals surface area (Å²) < 4.78 is 19.1. The van der Waals surface area contributed by atoms with Crippen molar-refractivity contribution in [1.29, 1.82) is 0 Å². The van der Waals surface area contributed by atoms with Crippen LogP contribution in [0.1, 0.15) is 11.1 Å². The third kappa shape index (κ3) is 6.38. The second-order valence-electron chi connectivity index (χ2n) is 7.74. The van der Waals surface area contributed by atoms with Gasteiger partial charge in [0.05, 0.1) is 26.4 Å². The maximum atomic E-state index is 13.0. The zero-order valence-corrected chi connectivity index (χ0v) is 18.5. The first-order valence-electron chi connectivity index (χ1n) is 11.0. The molecule has 1 fully saturated rings. The Morgan fingerprint density at radius 3 is 2.15 bits per heavy atom. The summed E-state index contributed by atoms with van der Waals surface area (Å²) in [7, 11) is 0. The molecule has 0 unspecified atom stereocenters. The van der Waals surface area contributed by atoms with E-state index in [1.165, 1.54) is 4.68 Å². The number of hydrogen-bond donors (Lipinski definition) is 0. The molecule has 2 heterocycles. The fraction of sp³-hybridized carbons (Fsp3) is 0.375. The Labute approximate surface area is 191 Å². The van der Waals surface area contributed by atoms with Gasteiger partial charge < -0.3 is 14.2 Å². The highest BCUT2D eigenvalue weighted by Crippen LogP contribution is 2.05. The van der Waals surface area contributed by atoms with Crippen LogP contribution in [0.4, 0.5) is 0 Å². The van der Waals surface area contributed by atoms with Crippen LogP contribution in [0.2, 0.25) is 0 Å². The highest BCUT2D eigenvalue weighted by atomic mass is 16.5. The van der Waals surface area contributed by atoms with Gasteiger partial charge in [0.15, 0.2) is 0 Å². The molecule has 0 amide bonds. The second kappa shape index (κ2) is 11.6. The lowest BCUT2D eigenvalue weighted by atomic mass is 10.2. The summed E-state index contributed by atoms with van der Waals surface area (Å²) in [6, 6.07) is 19.1. The molecule has 9 heteroatoms. The van der Waals surface area contributed by atoms with E-state index in [1.807, 2.05) is 60.7 Å². The van der Waals surface area contributed by atoms with Crippen molar-refractivity contribution in [2.24, 2.45) is 0 Å². The quantitative estimate of drug-likeness (QED) is 0.461. The molecule has 0 atom stereocenters. The van der Waals surface area contributed by atoms with Crippen molar-refractivity contribution in [1.82, 2.24) is 19.2 Å². The fourth-order valence-electron chi connectivity index (χ4n) is 3.50. The summed E-state index contributed by atoms with van der Waals surface area (Å²) in [6.07, 6.45) is 0. The van der Waals surface area contributed by atoms with Crippen LogP contribution in [0.3, 0.4) is 0 Å². The van der Waals surface area contributed by atoms with Gasteiger partial charge in [-0.2, -0.15) is 0 Å². The molecule has 1 aliphatic rings. The number of nitrogens with zero attached hydrogens (tertiary/aromatic N) is 4. The normalized spacial score (nSPS) is 14.3. The predicted molar refractivity (Wildman–Crippen MR) is 122 cm³/mol. The minimum absolute atomic E-state index is 0.122. The molecule has 33 heavy (non-hydrogen) atoms. The Kier molecular flexibility index (Phi) is 8.02. The number of ether oxygens (including phenoxy) is 3. The minimum Gasteiger partial charge on any atom is -0.468 e. The zero-order valence-electron chi connectivity index (χ0n) is 18.5. The van der Waals surface area contributed by atoms with Crippen molar-refractivity contribution in [3.63, 3.8) is 0 Å². The van der Waals surface area contributed by atoms with Crippen LogP contribution in [0, 0.1) is 0 Å². The van der Waals surface area contributed by atoms with Crippen LogP contribution in [0.15, 0.2) is 70.3 Å². The van der Waals surface area contributed by atoms with Gasteiger partial charge in [-0.1, -0.05) is 60.7 Å². The van der Waals surface area contributed by atoms with Gasteiger partial charge in [0, 0.05) is 19.6 Å². The molecule has 0 aliphatic carbocycles. The largest absolute Gasteiger partial charge is 0.468 e. The van der Waals surface area contributed by atoms with E-state index in [2.05, 4.69) is 10.00 Å². The summed E-state index contributed by atoms with van der Waals surface area (Å²) in [6.45, 7) is 4.16. The van der Waals surface area contributed by atoms with E-state index in [-0.39, 0.29) is 25.8 Å². The average Bonchev–Trinajstić information content (AvgIpc) is 2.87. The van der Waals surface area contributed by atoms with E-state index < -0.39 is 11.2 Å². The number of benzene rings is 2. The van der Waals surface area contributed by atoms with Crippen LogP contribution in [-0.2, 0) is 36.0 Å². The Morgan fingerprint density at radius 2 is 1.48 bits per heavy atom. The summed E-state index contributed by atoms with van der Waals surface area (Å²) in [5.41, 5.74) is 0.726. The van der Waals surface area contributed by atoms with Gasteiger partial charge in [0.2, 0.25) is 0 Å². The molecule has 174 valence electrons. The maximum Gasteiger partial charge on any atom is 0.349 e. The van der Waals surface area contributed by atoms with Crippen LogP contribution >= 0.6 is 0 Å². The highest BCUT2D eigenvalue weighted by molar-refractivity contribution is 5.15. The minimum atomic E-state index is -0.605. The molecule has 0 radical (unpaired) electrons. The summed E-state index contributed by atoms with van der Waals surface area (Å²) >= 11 is 0. The van der Waals surface area contributed by atoms with Gasteiger partial charge in [-0.3, -0.25) is 9.69 Å². The molecular formula is C24H28N4O5. The van der Waals surface area contributed by atoms with E-state index in [0.29, 0.717) is 26.3 Å². The summed E-state index contributed by atoms with van der Waals surface area (Å²) in [5, 5.41) is 4.23. The predicted octanol–water partition coefficient (Wildman–Crippen LogP) is 1.49. The first-order chi connectivity index (χ1) is 16.2. The van der Waals surface area contributed by atoms with Crippen molar-refractivity contribution in [3.05, 3.63) is 92.6 Å². The van der Waals surface area contributed by atoms with Crippen LogP contribution in [-0.4, -0.2) is 52.1 Å². The van der Waals surface area contributed by atoms with Gasteiger partial charge in [-0.25, -0.2) is 14.0 Å². The van der Waals surface area contributed by atoms with Crippen molar-refractivity contribution in [2.45, 2.75) is 26.5 Å². The van der Waals surface area contributed by atoms with Crippen LogP contribution in [0.25, 0.3) is 0 Å². The molecule has 2 aromatic carbocycles. The summed E-state index contributed by atoms with van der Waals surface area (Å²) in [4.78, 5) is 28.2. The molecule has 1 aliphatic heterocycles. The Balaban J connectivity index is 1.52. The number of morpholine rings is 1. The standard InChI is InChI=1S/C24H28N4O5/c29-23-22(33-18-21-9-5-2-6-10-21)25-28(12-11-26-13-15-31-16-14-26)24(30)27(23)19-32-17-20-7-3-1-4-8-20/h1-10H,11-19H2. The molecule has 0 saturated carbocycles. The topological polar surface area (TPSA) is 87.8 Å². The van der Waals surface area contributed by atoms with Gasteiger partial charge in [-0.05, 0) is 11.1 Å². The molecule has 0 N–H and O–H groups in total. The van der Waals surface area contributed by atoms with E-state index in [4.69, 9.17) is 14.2 Å². The molecule has 1 aromatic heterocycles. The number of aromatic nitrogens is 3. The first kappa shape index (κ1) is 22.9. The Bertz CT molecular complexity index is 1130. The van der Waals surface area contributed by atoms with Gasteiger partial charge in [0.1, 0.15) is 13.3 Å². The molecule has 9 nitrogen and oxygen atoms in total.